The Kier molecular flexibility index (Phi) is 8.46. The van der Waals surface area contributed by atoms with Gasteiger partial charge in [-0.15, -0.1) is 0 Å². The van der Waals surface area contributed by atoms with Crippen LogP contribution in [-0.2, 0) is 20.6 Å². The van der Waals surface area contributed by atoms with Crippen molar-refractivity contribution in [2.45, 2.75) is 64.8 Å². The largest absolute Gasteiger partial charge is 0.457 e. The summed E-state index contributed by atoms with van der Waals surface area (Å²) in [6.45, 7) is 11.3. The van der Waals surface area contributed by atoms with E-state index in [2.05, 4.69) is 33.9 Å². The summed E-state index contributed by atoms with van der Waals surface area (Å²) in [5.41, 5.74) is 1.84. The van der Waals surface area contributed by atoms with Gasteiger partial charge in [-0.05, 0) is 29.8 Å². The molecule has 1 heterocycles. The smallest absolute Gasteiger partial charge is 0.340 e. The number of nitrogens with zero attached hydrogens (tertiary/aromatic N) is 1. The predicted molar refractivity (Wildman–Crippen MR) is 140 cm³/mol. The van der Waals surface area contributed by atoms with Crippen LogP contribution in [0, 0.1) is 0 Å². The predicted octanol–water partition coefficient (Wildman–Crippen LogP) is 6.40. The van der Waals surface area contributed by atoms with E-state index in [-0.39, 0.29) is 36.2 Å². The fourth-order valence-corrected chi connectivity index (χ4v) is 4.52. The number of carbonyl (C=O) groups excluding carboxylic acids is 3. The van der Waals surface area contributed by atoms with E-state index in [4.69, 9.17) is 9.16 Å². The van der Waals surface area contributed by atoms with Crippen molar-refractivity contribution in [2.75, 3.05) is 6.61 Å². The first-order valence-electron chi connectivity index (χ1n) is 12.0. The van der Waals surface area contributed by atoms with Gasteiger partial charge in [0.1, 0.15) is 12.4 Å². The van der Waals surface area contributed by atoms with Crippen LogP contribution in [0.1, 0.15) is 60.7 Å². The highest BCUT2D eigenvalue weighted by Gasteiger charge is 2.37. The fraction of sp³-hybridized carbons (Fsp3) is 0.393. The molecule has 0 N–H and O–H groups in total. The van der Waals surface area contributed by atoms with Crippen molar-refractivity contribution in [2.24, 2.45) is 0 Å². The second-order valence-electron chi connectivity index (χ2n) is 10.3. The van der Waals surface area contributed by atoms with Gasteiger partial charge >= 0.3 is 5.97 Å². The van der Waals surface area contributed by atoms with Gasteiger partial charge in [0.05, 0.1) is 11.1 Å². The van der Waals surface area contributed by atoms with E-state index >= 15 is 0 Å². The van der Waals surface area contributed by atoms with Gasteiger partial charge in [0, 0.05) is 37.5 Å². The Morgan fingerprint density at radius 3 is 2.23 bits per heavy atom. The molecule has 0 atom stereocenters. The lowest BCUT2D eigenvalue weighted by molar-refractivity contribution is -0.119. The van der Waals surface area contributed by atoms with Crippen LogP contribution in [0.4, 0.5) is 0 Å². The Morgan fingerprint density at radius 1 is 0.886 bits per heavy atom. The maximum atomic E-state index is 13.0. The molecule has 3 aromatic rings. The first-order valence-corrected chi connectivity index (χ1v) is 14.9. The third-order valence-corrected chi connectivity index (χ3v) is 11.2. The third kappa shape index (κ3) is 6.77. The Hall–Kier alpha value is -3.03. The molecule has 0 fully saturated rings. The number of hydrogen-bond donors (Lipinski definition) is 0. The van der Waals surface area contributed by atoms with Crippen molar-refractivity contribution < 1.29 is 23.5 Å². The Bertz CT molecular complexity index is 1190. The lowest BCUT2D eigenvalue weighted by Gasteiger charge is -2.36. The van der Waals surface area contributed by atoms with Gasteiger partial charge in [0.15, 0.2) is 8.32 Å². The average molecular weight is 494 g/mol. The highest BCUT2D eigenvalue weighted by atomic mass is 28.4. The van der Waals surface area contributed by atoms with Crippen LogP contribution in [-0.4, -0.2) is 37.2 Å². The number of carbonyl (C=O) groups is 3. The van der Waals surface area contributed by atoms with Crippen LogP contribution >= 0.6 is 0 Å². The van der Waals surface area contributed by atoms with E-state index in [1.807, 2.05) is 42.5 Å². The molecule has 0 spiro atoms. The number of rotatable bonds is 10. The molecular weight excluding hydrogens is 458 g/mol. The zero-order valence-corrected chi connectivity index (χ0v) is 22.3. The number of esters is 1. The number of aromatic nitrogens is 1. The quantitative estimate of drug-likeness (QED) is 0.241. The molecular formula is C28H35NO5Si. The molecule has 3 rings (SSSR count). The van der Waals surface area contributed by atoms with Crippen molar-refractivity contribution in [3.8, 4) is 0 Å². The lowest BCUT2D eigenvalue weighted by Crippen LogP contribution is -2.41. The molecule has 1 aromatic heterocycles. The summed E-state index contributed by atoms with van der Waals surface area (Å²) < 4.78 is 13.0. The zero-order valence-electron chi connectivity index (χ0n) is 21.3. The summed E-state index contributed by atoms with van der Waals surface area (Å²) in [5.74, 6) is -0.728. The minimum absolute atomic E-state index is 0.00369. The average Bonchev–Trinajstić information content (AvgIpc) is 3.21. The summed E-state index contributed by atoms with van der Waals surface area (Å²) in [4.78, 5) is 38.2. The highest BCUT2D eigenvalue weighted by molar-refractivity contribution is 6.74. The zero-order chi connectivity index (χ0) is 25.6. The molecule has 6 nitrogen and oxygen atoms in total. The van der Waals surface area contributed by atoms with Crippen LogP contribution < -0.4 is 0 Å². The third-order valence-electron chi connectivity index (χ3n) is 6.68. The van der Waals surface area contributed by atoms with Gasteiger partial charge < -0.3 is 9.16 Å². The maximum Gasteiger partial charge on any atom is 0.340 e. The summed E-state index contributed by atoms with van der Waals surface area (Å²) in [6.07, 6.45) is 2.02. The van der Waals surface area contributed by atoms with E-state index in [0.717, 1.165) is 5.56 Å². The summed E-state index contributed by atoms with van der Waals surface area (Å²) in [7, 11) is -1.90. The molecule has 0 aliphatic carbocycles. The molecule has 0 unspecified atom stereocenters. The topological polar surface area (TPSA) is 74.6 Å². The van der Waals surface area contributed by atoms with Crippen LogP contribution in [0.5, 0.6) is 0 Å². The Balaban J connectivity index is 1.61. The Morgan fingerprint density at radius 2 is 1.54 bits per heavy atom. The number of fused-ring (bicyclic) bond motifs is 1. The standard InChI is InChI=1S/C28H35NO5Si/c1-28(2,3)35(4,5)34-18-17-22(30)15-16-26(31)29-19-24(23-13-9-10-14-25(23)29)27(32)33-20-21-11-7-6-8-12-21/h6-14,19H,15-18,20H2,1-5H3. The molecule has 0 saturated heterocycles. The van der Waals surface area contributed by atoms with Gasteiger partial charge in [0.2, 0.25) is 5.91 Å². The van der Waals surface area contributed by atoms with Crippen LogP contribution in [0.15, 0.2) is 60.8 Å². The number of ether oxygens (including phenoxy) is 1. The number of hydrogen-bond acceptors (Lipinski definition) is 5. The van der Waals surface area contributed by atoms with Crippen LogP contribution in [0.2, 0.25) is 18.1 Å². The van der Waals surface area contributed by atoms with Crippen molar-refractivity contribution in [1.82, 2.24) is 4.57 Å². The normalized spacial score (nSPS) is 12.0. The molecule has 7 heteroatoms. The van der Waals surface area contributed by atoms with E-state index in [0.29, 0.717) is 29.5 Å². The van der Waals surface area contributed by atoms with E-state index in [1.165, 1.54) is 10.8 Å². The molecule has 0 aliphatic heterocycles. The van der Waals surface area contributed by atoms with Crippen molar-refractivity contribution in [1.29, 1.82) is 0 Å². The first kappa shape index (κ1) is 26.6. The van der Waals surface area contributed by atoms with E-state index in [1.54, 1.807) is 12.1 Å². The second kappa shape index (κ2) is 11.1. The second-order valence-corrected chi connectivity index (χ2v) is 15.1. The van der Waals surface area contributed by atoms with Gasteiger partial charge in [-0.2, -0.15) is 0 Å². The minimum atomic E-state index is -1.90. The molecule has 0 aliphatic rings. The highest BCUT2D eigenvalue weighted by Crippen LogP contribution is 2.36. The van der Waals surface area contributed by atoms with Crippen LogP contribution in [0.25, 0.3) is 10.9 Å². The van der Waals surface area contributed by atoms with Gasteiger partial charge in [-0.1, -0.05) is 69.3 Å². The molecule has 2 aromatic carbocycles. The van der Waals surface area contributed by atoms with Crippen molar-refractivity contribution >= 4 is 36.9 Å². The Labute approximate surface area is 208 Å². The van der Waals surface area contributed by atoms with Crippen molar-refractivity contribution in [3.63, 3.8) is 0 Å². The molecule has 0 amide bonds. The fourth-order valence-electron chi connectivity index (χ4n) is 3.48. The van der Waals surface area contributed by atoms with E-state index in [9.17, 15) is 14.4 Å². The summed E-state index contributed by atoms with van der Waals surface area (Å²) in [6, 6.07) is 16.6. The van der Waals surface area contributed by atoms with Gasteiger partial charge in [-0.25, -0.2) is 4.79 Å². The number of para-hydroxylation sites is 1. The molecule has 0 bridgehead atoms. The lowest BCUT2D eigenvalue weighted by atomic mass is 10.1. The number of ketones is 1. The van der Waals surface area contributed by atoms with Gasteiger partial charge in [0.25, 0.3) is 0 Å². The molecule has 35 heavy (non-hydrogen) atoms. The van der Waals surface area contributed by atoms with Crippen LogP contribution in [0.3, 0.4) is 0 Å². The summed E-state index contributed by atoms with van der Waals surface area (Å²) >= 11 is 0. The summed E-state index contributed by atoms with van der Waals surface area (Å²) in [5, 5.41) is 0.731. The number of Topliss-reactive ketones (excluding diaryl/α,β-unsaturated/α-hetero) is 1. The SMILES string of the molecule is CC(C)(C)[Si](C)(C)OCCC(=O)CCC(=O)n1cc(C(=O)OCc2ccccc2)c2ccccc21. The number of benzene rings is 2. The maximum absolute atomic E-state index is 13.0. The van der Waals surface area contributed by atoms with Gasteiger partial charge in [-0.3, -0.25) is 14.2 Å². The molecule has 0 saturated carbocycles. The monoisotopic (exact) mass is 493 g/mol. The minimum Gasteiger partial charge on any atom is -0.457 e. The first-order chi connectivity index (χ1) is 16.5. The van der Waals surface area contributed by atoms with E-state index < -0.39 is 14.3 Å². The molecule has 186 valence electrons. The van der Waals surface area contributed by atoms with Crippen molar-refractivity contribution in [3.05, 3.63) is 71.9 Å². The molecule has 0 radical (unpaired) electrons.